The zero-order valence-electron chi connectivity index (χ0n) is 5.28. The maximum absolute atomic E-state index is 10.5. The molecule has 0 fully saturated rings. The SMILES string of the molecule is O=P(O)(S)Oc1cnccn1. The molecule has 1 rings (SSSR count). The first-order valence-corrected chi connectivity index (χ1v) is 5.32. The fourth-order valence-electron chi connectivity index (χ4n) is 0.454. The second-order valence-electron chi connectivity index (χ2n) is 1.63. The van der Waals surface area contributed by atoms with Crippen LogP contribution in [0.3, 0.4) is 0 Å². The highest BCUT2D eigenvalue weighted by molar-refractivity contribution is 8.44. The van der Waals surface area contributed by atoms with Crippen molar-refractivity contribution in [3.05, 3.63) is 18.6 Å². The lowest BCUT2D eigenvalue weighted by atomic mass is 10.7. The molecule has 60 valence electrons. The van der Waals surface area contributed by atoms with Crippen molar-refractivity contribution in [1.29, 1.82) is 0 Å². The molecule has 0 aromatic carbocycles. The highest BCUT2D eigenvalue weighted by atomic mass is 32.7. The van der Waals surface area contributed by atoms with E-state index in [-0.39, 0.29) is 5.88 Å². The van der Waals surface area contributed by atoms with Gasteiger partial charge in [-0.3, -0.25) is 4.98 Å². The van der Waals surface area contributed by atoms with Crippen LogP contribution < -0.4 is 4.52 Å². The van der Waals surface area contributed by atoms with Gasteiger partial charge in [0.25, 0.3) is 0 Å². The van der Waals surface area contributed by atoms with Crippen molar-refractivity contribution in [2.75, 3.05) is 0 Å². The molecule has 0 aliphatic carbocycles. The number of nitrogens with zero attached hydrogens (tertiary/aromatic N) is 2. The molecule has 0 aliphatic rings. The Balaban J connectivity index is 2.74. The van der Waals surface area contributed by atoms with Gasteiger partial charge in [-0.2, -0.15) is 0 Å². The van der Waals surface area contributed by atoms with E-state index in [1.807, 2.05) is 0 Å². The minimum Gasteiger partial charge on any atom is -0.397 e. The molecule has 5 nitrogen and oxygen atoms in total. The van der Waals surface area contributed by atoms with E-state index in [0.717, 1.165) is 0 Å². The van der Waals surface area contributed by atoms with Gasteiger partial charge in [0.2, 0.25) is 5.88 Å². The molecular weight excluding hydrogens is 187 g/mol. The molecule has 0 spiro atoms. The van der Waals surface area contributed by atoms with Crippen molar-refractivity contribution in [1.82, 2.24) is 9.97 Å². The van der Waals surface area contributed by atoms with Crippen LogP contribution in [0, 0.1) is 0 Å². The van der Waals surface area contributed by atoms with Crippen LogP contribution in [-0.4, -0.2) is 14.9 Å². The van der Waals surface area contributed by atoms with Crippen LogP contribution in [0.25, 0.3) is 0 Å². The Kier molecular flexibility index (Phi) is 2.49. The smallest absolute Gasteiger partial charge is 0.397 e. The summed E-state index contributed by atoms with van der Waals surface area (Å²) >= 11 is 3.29. The first kappa shape index (κ1) is 8.52. The van der Waals surface area contributed by atoms with Crippen LogP contribution in [0.15, 0.2) is 18.6 Å². The van der Waals surface area contributed by atoms with Crippen molar-refractivity contribution >= 4 is 19.0 Å². The second kappa shape index (κ2) is 3.21. The monoisotopic (exact) mass is 192 g/mol. The molecule has 0 saturated heterocycles. The van der Waals surface area contributed by atoms with E-state index < -0.39 is 6.80 Å². The van der Waals surface area contributed by atoms with Gasteiger partial charge in [0.1, 0.15) is 0 Å². The lowest BCUT2D eigenvalue weighted by Gasteiger charge is -2.03. The average molecular weight is 192 g/mol. The van der Waals surface area contributed by atoms with Crippen molar-refractivity contribution in [2.45, 2.75) is 0 Å². The molecule has 1 aromatic heterocycles. The number of thiol groups is 1. The zero-order valence-corrected chi connectivity index (χ0v) is 7.07. The first-order valence-electron chi connectivity index (χ1n) is 2.59. The number of rotatable bonds is 2. The third kappa shape index (κ3) is 3.36. The molecule has 0 aliphatic heterocycles. The van der Waals surface area contributed by atoms with Crippen LogP contribution in [0.5, 0.6) is 5.88 Å². The molecule has 0 radical (unpaired) electrons. The molecule has 1 unspecified atom stereocenters. The summed E-state index contributed by atoms with van der Waals surface area (Å²) in [5, 5.41) is 0. The van der Waals surface area contributed by atoms with E-state index >= 15 is 0 Å². The van der Waals surface area contributed by atoms with Gasteiger partial charge in [0.05, 0.1) is 6.20 Å². The van der Waals surface area contributed by atoms with Crippen LogP contribution in [0.4, 0.5) is 0 Å². The van der Waals surface area contributed by atoms with Crippen LogP contribution in [0.1, 0.15) is 0 Å². The Morgan fingerprint density at radius 2 is 2.36 bits per heavy atom. The predicted octanol–water partition coefficient (Wildman–Crippen LogP) is 0.886. The summed E-state index contributed by atoms with van der Waals surface area (Å²) in [6.07, 6.45) is 3.99. The van der Waals surface area contributed by atoms with Crippen LogP contribution in [-0.2, 0) is 4.57 Å². The normalized spacial score (nSPS) is 15.5. The summed E-state index contributed by atoms with van der Waals surface area (Å²) in [4.78, 5) is 15.8. The minimum absolute atomic E-state index is 0.0201. The van der Waals surface area contributed by atoms with E-state index in [1.54, 1.807) is 0 Å². The highest BCUT2D eigenvalue weighted by Gasteiger charge is 2.13. The van der Waals surface area contributed by atoms with Gasteiger partial charge in [0, 0.05) is 12.4 Å². The Labute approximate surface area is 68.1 Å². The second-order valence-corrected chi connectivity index (χ2v) is 4.31. The number of hydrogen-bond donors (Lipinski definition) is 2. The summed E-state index contributed by atoms with van der Waals surface area (Å²) in [6, 6.07) is 0. The molecule has 1 atom stereocenters. The molecule has 0 saturated carbocycles. The van der Waals surface area contributed by atoms with Crippen LogP contribution >= 0.6 is 19.0 Å². The average Bonchev–Trinajstić information content (AvgIpc) is 1.85. The third-order valence-electron chi connectivity index (χ3n) is 0.752. The lowest BCUT2D eigenvalue weighted by Crippen LogP contribution is -1.88. The molecule has 1 heterocycles. The predicted molar refractivity (Wildman–Crippen MR) is 41.5 cm³/mol. The van der Waals surface area contributed by atoms with Gasteiger partial charge in [-0.1, -0.05) is 0 Å². The van der Waals surface area contributed by atoms with Gasteiger partial charge >= 0.3 is 6.80 Å². The third-order valence-corrected chi connectivity index (χ3v) is 1.42. The summed E-state index contributed by atoms with van der Waals surface area (Å²) in [7, 11) is 0. The Bertz CT molecular complexity index is 274. The molecule has 1 N–H and O–H groups in total. The summed E-state index contributed by atoms with van der Waals surface area (Å²) in [5.41, 5.74) is 0. The van der Waals surface area contributed by atoms with E-state index in [1.165, 1.54) is 18.6 Å². The summed E-state index contributed by atoms with van der Waals surface area (Å²) < 4.78 is 14.9. The summed E-state index contributed by atoms with van der Waals surface area (Å²) in [5.74, 6) is -0.0201. The van der Waals surface area contributed by atoms with Gasteiger partial charge in [-0.05, 0) is 12.2 Å². The largest absolute Gasteiger partial charge is 0.435 e. The fraction of sp³-hybridized carbons (Fsp3) is 0. The van der Waals surface area contributed by atoms with Gasteiger partial charge in [-0.15, -0.1) is 0 Å². The van der Waals surface area contributed by atoms with Gasteiger partial charge in [0.15, 0.2) is 0 Å². The number of hydrogen-bond acceptors (Lipinski definition) is 4. The van der Waals surface area contributed by atoms with Crippen molar-refractivity contribution in [2.24, 2.45) is 0 Å². The van der Waals surface area contributed by atoms with E-state index in [4.69, 9.17) is 4.89 Å². The molecule has 11 heavy (non-hydrogen) atoms. The van der Waals surface area contributed by atoms with Gasteiger partial charge in [-0.25, -0.2) is 9.55 Å². The first-order chi connectivity index (χ1) is 5.08. The topological polar surface area (TPSA) is 72.3 Å². The van der Waals surface area contributed by atoms with E-state index in [9.17, 15) is 4.57 Å². The molecule has 7 heteroatoms. The standard InChI is InChI=1S/C4H5N2O3PS/c7-10(8,11)9-4-3-5-1-2-6-4/h1-3H,(H2,7,8,11). The Morgan fingerprint density at radius 1 is 1.64 bits per heavy atom. The van der Waals surface area contributed by atoms with E-state index in [0.29, 0.717) is 0 Å². The molecule has 1 aromatic rings. The molecule has 0 bridgehead atoms. The van der Waals surface area contributed by atoms with Crippen molar-refractivity contribution in [3.8, 4) is 5.88 Å². The fourth-order valence-corrected chi connectivity index (χ4v) is 1.04. The molecular formula is C4H5N2O3PS. The highest BCUT2D eigenvalue weighted by Crippen LogP contribution is 2.45. The maximum Gasteiger partial charge on any atom is 0.435 e. The lowest BCUT2D eigenvalue weighted by molar-refractivity contribution is 0.396. The maximum atomic E-state index is 10.5. The van der Waals surface area contributed by atoms with Gasteiger partial charge < -0.3 is 9.42 Å². The molecule has 0 amide bonds. The number of aromatic nitrogens is 2. The zero-order chi connectivity index (χ0) is 8.32. The summed E-state index contributed by atoms with van der Waals surface area (Å²) in [6.45, 7) is -3.80. The Hall–Kier alpha value is -0.580. The Morgan fingerprint density at radius 3 is 2.82 bits per heavy atom. The van der Waals surface area contributed by atoms with Crippen molar-refractivity contribution in [3.63, 3.8) is 0 Å². The van der Waals surface area contributed by atoms with Crippen molar-refractivity contribution < 1.29 is 14.0 Å². The van der Waals surface area contributed by atoms with E-state index in [2.05, 4.69) is 26.7 Å². The van der Waals surface area contributed by atoms with Crippen LogP contribution in [0.2, 0.25) is 0 Å². The quantitative estimate of drug-likeness (QED) is 0.537. The minimum atomic E-state index is -3.80.